The summed E-state index contributed by atoms with van der Waals surface area (Å²) in [5.41, 5.74) is 3.18. The highest BCUT2D eigenvalue weighted by molar-refractivity contribution is 6.00. The van der Waals surface area contributed by atoms with Crippen molar-refractivity contribution in [3.8, 4) is 0 Å². The number of carbonyl (C=O) groups excluding carboxylic acids is 1. The van der Waals surface area contributed by atoms with Gasteiger partial charge in [0.25, 0.3) is 0 Å². The third kappa shape index (κ3) is 2.62. The highest BCUT2D eigenvalue weighted by atomic mass is 16.1. The van der Waals surface area contributed by atoms with Crippen molar-refractivity contribution < 1.29 is 4.79 Å². The number of benzene rings is 1. The molecule has 3 nitrogen and oxygen atoms in total. The molecule has 0 saturated heterocycles. The molecule has 0 aliphatic carbocycles. The summed E-state index contributed by atoms with van der Waals surface area (Å²) in [4.78, 5) is 12.2. The largest absolute Gasteiger partial charge is 0.382 e. The maximum absolute atomic E-state index is 12.2. The average Bonchev–Trinajstić information content (AvgIpc) is 2.73. The first-order valence-corrected chi connectivity index (χ1v) is 6.39. The van der Waals surface area contributed by atoms with E-state index in [1.807, 2.05) is 25.1 Å². The van der Waals surface area contributed by atoms with Crippen LogP contribution in [0, 0.1) is 0 Å². The van der Waals surface area contributed by atoms with E-state index in [4.69, 9.17) is 0 Å². The van der Waals surface area contributed by atoms with Gasteiger partial charge in [-0.15, -0.1) is 6.58 Å². The molecular weight excluding hydrogens is 224 g/mol. The van der Waals surface area contributed by atoms with Crippen LogP contribution in [0.1, 0.15) is 29.8 Å². The van der Waals surface area contributed by atoms with Crippen molar-refractivity contribution in [2.24, 2.45) is 0 Å². The van der Waals surface area contributed by atoms with Crippen LogP contribution >= 0.6 is 0 Å². The van der Waals surface area contributed by atoms with E-state index in [1.165, 1.54) is 5.56 Å². The normalized spacial score (nSPS) is 18.9. The fourth-order valence-electron chi connectivity index (χ4n) is 2.31. The SMILES string of the molecule is C=CCNC(C)C(=O)c1ccc2c(c1)CC(C)N2. The fraction of sp³-hybridized carbons (Fsp3) is 0.400. The molecule has 1 aliphatic heterocycles. The molecule has 0 amide bonds. The van der Waals surface area contributed by atoms with Crippen LogP contribution in [0.3, 0.4) is 0 Å². The average molecular weight is 244 g/mol. The molecule has 0 aromatic heterocycles. The molecule has 3 heteroatoms. The monoisotopic (exact) mass is 244 g/mol. The number of Topliss-reactive ketones (excluding diaryl/α,β-unsaturated/α-hetero) is 1. The molecule has 2 unspecified atom stereocenters. The predicted molar refractivity (Wildman–Crippen MR) is 75.2 cm³/mol. The number of ketones is 1. The number of hydrogen-bond donors (Lipinski definition) is 2. The minimum atomic E-state index is -0.173. The molecule has 0 spiro atoms. The van der Waals surface area contributed by atoms with Crippen LogP contribution in [0.4, 0.5) is 5.69 Å². The Morgan fingerprint density at radius 3 is 3.17 bits per heavy atom. The van der Waals surface area contributed by atoms with Crippen LogP contribution in [0.2, 0.25) is 0 Å². The second kappa shape index (κ2) is 5.36. The van der Waals surface area contributed by atoms with Crippen LogP contribution < -0.4 is 10.6 Å². The lowest BCUT2D eigenvalue weighted by Gasteiger charge is -2.12. The van der Waals surface area contributed by atoms with E-state index in [0.717, 1.165) is 17.7 Å². The number of nitrogens with one attached hydrogen (secondary N) is 2. The predicted octanol–water partition coefficient (Wildman–Crippen LogP) is 2.39. The first-order valence-electron chi connectivity index (χ1n) is 6.39. The topological polar surface area (TPSA) is 41.1 Å². The van der Waals surface area contributed by atoms with Crippen molar-refractivity contribution in [1.29, 1.82) is 0 Å². The maximum atomic E-state index is 12.2. The van der Waals surface area contributed by atoms with Gasteiger partial charge in [0.2, 0.25) is 0 Å². The van der Waals surface area contributed by atoms with Crippen molar-refractivity contribution in [2.75, 3.05) is 11.9 Å². The Hall–Kier alpha value is -1.61. The van der Waals surface area contributed by atoms with Crippen LogP contribution in [0.25, 0.3) is 0 Å². The lowest BCUT2D eigenvalue weighted by molar-refractivity contribution is 0.0953. The fourth-order valence-corrected chi connectivity index (χ4v) is 2.31. The lowest BCUT2D eigenvalue weighted by atomic mass is 10.0. The molecule has 18 heavy (non-hydrogen) atoms. The minimum Gasteiger partial charge on any atom is -0.382 e. The van der Waals surface area contributed by atoms with Gasteiger partial charge in [-0.3, -0.25) is 4.79 Å². The summed E-state index contributed by atoms with van der Waals surface area (Å²) in [6.07, 6.45) is 2.75. The lowest BCUT2D eigenvalue weighted by Crippen LogP contribution is -2.34. The summed E-state index contributed by atoms with van der Waals surface area (Å²) >= 11 is 0. The first-order chi connectivity index (χ1) is 8.61. The van der Waals surface area contributed by atoms with E-state index in [-0.39, 0.29) is 11.8 Å². The molecule has 0 saturated carbocycles. The Morgan fingerprint density at radius 2 is 2.44 bits per heavy atom. The van der Waals surface area contributed by atoms with Crippen LogP contribution in [0.5, 0.6) is 0 Å². The molecule has 0 radical (unpaired) electrons. The Bertz CT molecular complexity index is 468. The van der Waals surface area contributed by atoms with Gasteiger partial charge in [0, 0.05) is 23.8 Å². The molecule has 0 fully saturated rings. The van der Waals surface area contributed by atoms with Gasteiger partial charge in [0.15, 0.2) is 5.78 Å². The Balaban J connectivity index is 2.12. The summed E-state index contributed by atoms with van der Waals surface area (Å²) in [6.45, 7) is 8.32. The summed E-state index contributed by atoms with van der Waals surface area (Å²) < 4.78 is 0. The number of anilines is 1. The number of rotatable bonds is 5. The van der Waals surface area contributed by atoms with Gasteiger partial charge in [-0.1, -0.05) is 6.08 Å². The summed E-state index contributed by atoms with van der Waals surface area (Å²) in [5.74, 6) is 0.138. The molecule has 2 rings (SSSR count). The van der Waals surface area contributed by atoms with Gasteiger partial charge in [0.1, 0.15) is 0 Å². The van der Waals surface area contributed by atoms with Crippen molar-refractivity contribution in [3.63, 3.8) is 0 Å². The highest BCUT2D eigenvalue weighted by Gasteiger charge is 2.20. The number of fused-ring (bicyclic) bond motifs is 1. The van der Waals surface area contributed by atoms with Crippen LogP contribution in [-0.4, -0.2) is 24.4 Å². The number of hydrogen-bond acceptors (Lipinski definition) is 3. The molecule has 1 aromatic rings. The van der Waals surface area contributed by atoms with Gasteiger partial charge < -0.3 is 10.6 Å². The zero-order chi connectivity index (χ0) is 13.1. The summed E-state index contributed by atoms with van der Waals surface area (Å²) in [7, 11) is 0. The van der Waals surface area contributed by atoms with E-state index in [2.05, 4.69) is 24.1 Å². The Morgan fingerprint density at radius 1 is 1.67 bits per heavy atom. The smallest absolute Gasteiger partial charge is 0.179 e. The van der Waals surface area contributed by atoms with E-state index >= 15 is 0 Å². The van der Waals surface area contributed by atoms with Crippen molar-refractivity contribution in [1.82, 2.24) is 5.32 Å². The molecular formula is C15H20N2O. The molecule has 1 heterocycles. The molecule has 96 valence electrons. The van der Waals surface area contributed by atoms with Gasteiger partial charge in [-0.2, -0.15) is 0 Å². The van der Waals surface area contributed by atoms with E-state index < -0.39 is 0 Å². The third-order valence-corrected chi connectivity index (χ3v) is 3.28. The van der Waals surface area contributed by atoms with Crippen molar-refractivity contribution in [2.45, 2.75) is 32.4 Å². The standard InChI is InChI=1S/C15H20N2O/c1-4-7-16-11(3)15(18)12-5-6-14-13(9-12)8-10(2)17-14/h4-6,9-11,16-17H,1,7-8H2,2-3H3. The zero-order valence-electron chi connectivity index (χ0n) is 11.0. The van der Waals surface area contributed by atoms with Gasteiger partial charge >= 0.3 is 0 Å². The number of carbonyl (C=O) groups is 1. The van der Waals surface area contributed by atoms with Gasteiger partial charge in [-0.05, 0) is 44.0 Å². The van der Waals surface area contributed by atoms with E-state index in [9.17, 15) is 4.79 Å². The van der Waals surface area contributed by atoms with Crippen molar-refractivity contribution in [3.05, 3.63) is 42.0 Å². The minimum absolute atomic E-state index is 0.138. The molecule has 1 aromatic carbocycles. The zero-order valence-corrected chi connectivity index (χ0v) is 11.0. The van der Waals surface area contributed by atoms with E-state index in [1.54, 1.807) is 6.08 Å². The van der Waals surface area contributed by atoms with Gasteiger partial charge in [-0.25, -0.2) is 0 Å². The highest BCUT2D eigenvalue weighted by Crippen LogP contribution is 2.26. The summed E-state index contributed by atoms with van der Waals surface area (Å²) in [5, 5.41) is 6.51. The Labute approximate surface area is 108 Å². The van der Waals surface area contributed by atoms with Gasteiger partial charge in [0.05, 0.1) is 6.04 Å². The van der Waals surface area contributed by atoms with E-state index in [0.29, 0.717) is 12.6 Å². The molecule has 1 aliphatic rings. The summed E-state index contributed by atoms with van der Waals surface area (Å²) in [6, 6.07) is 6.21. The molecule has 2 N–H and O–H groups in total. The first kappa shape index (κ1) is 12.8. The maximum Gasteiger partial charge on any atom is 0.179 e. The molecule has 2 atom stereocenters. The second-order valence-corrected chi connectivity index (χ2v) is 4.90. The Kier molecular flexibility index (Phi) is 3.82. The van der Waals surface area contributed by atoms with Crippen molar-refractivity contribution >= 4 is 11.5 Å². The second-order valence-electron chi connectivity index (χ2n) is 4.90. The quantitative estimate of drug-likeness (QED) is 0.617. The van der Waals surface area contributed by atoms with Crippen LogP contribution in [0.15, 0.2) is 30.9 Å². The molecule has 0 bridgehead atoms. The van der Waals surface area contributed by atoms with Crippen LogP contribution in [-0.2, 0) is 6.42 Å². The third-order valence-electron chi connectivity index (χ3n) is 3.28.